The summed E-state index contributed by atoms with van der Waals surface area (Å²) in [5, 5.41) is 0. The molecule has 0 aromatic carbocycles. The van der Waals surface area contributed by atoms with E-state index in [0.29, 0.717) is 0 Å². The number of hydrogen-bond acceptors (Lipinski definition) is 0. The highest BCUT2D eigenvalue weighted by atomic mass is 127. The standard InChI is InChI=1S/C13H30NS.2HI/c1-5-12-15-13-10-9-11-14(6-2,7-3)8-4;;/h5-13H2,1-4H3;2*1H/q+1;;/p-1. The molecule has 4 heteroatoms. The van der Waals surface area contributed by atoms with E-state index in [9.17, 15) is 0 Å². The Morgan fingerprint density at radius 1 is 0.765 bits per heavy atom. The predicted molar refractivity (Wildman–Crippen MR) is 74.8 cm³/mol. The van der Waals surface area contributed by atoms with Crippen LogP contribution >= 0.6 is 0 Å². The molecule has 108 valence electrons. The molecule has 0 aliphatic rings. The Balaban J connectivity index is -0.000000980. The summed E-state index contributed by atoms with van der Waals surface area (Å²) in [5.41, 5.74) is 0. The fraction of sp³-hybridized carbons (Fsp3) is 1.00. The van der Waals surface area contributed by atoms with Crippen LogP contribution in [0.4, 0.5) is 0 Å². The summed E-state index contributed by atoms with van der Waals surface area (Å²) in [6.45, 7) is 14.6. The molecule has 0 aromatic heterocycles. The number of unbranched alkanes of at least 4 members (excludes halogenated alkanes) is 1. The maximum Gasteiger partial charge on any atom is 0.106 e. The maximum atomic E-state index is 2.34. The fourth-order valence-electron chi connectivity index (χ4n) is 2.09. The molecular formula is C13H31I2NS. The van der Waals surface area contributed by atoms with Crippen LogP contribution in [0.2, 0.25) is 0 Å². The summed E-state index contributed by atoms with van der Waals surface area (Å²) in [5.74, 6) is 2.82. The van der Waals surface area contributed by atoms with Gasteiger partial charge in [0.05, 0.1) is 26.2 Å². The second kappa shape index (κ2) is 15.8. The first-order chi connectivity index (χ1) is 7.24. The SMILES string of the molecule is CCC[SH+]CCCC[N+](CC)(CC)CC.[I-].[I-]. The molecular weight excluding hydrogens is 456 g/mol. The molecule has 0 bridgehead atoms. The van der Waals surface area contributed by atoms with Crippen LogP contribution in [0, 0.1) is 0 Å². The van der Waals surface area contributed by atoms with Gasteiger partial charge in [0.15, 0.2) is 0 Å². The van der Waals surface area contributed by atoms with E-state index in [0.717, 1.165) is 0 Å². The number of hydrogen-bond donors (Lipinski definition) is 0. The Morgan fingerprint density at radius 3 is 1.71 bits per heavy atom. The molecule has 0 aliphatic carbocycles. The van der Waals surface area contributed by atoms with Crippen LogP contribution in [0.3, 0.4) is 0 Å². The molecule has 0 unspecified atom stereocenters. The van der Waals surface area contributed by atoms with Crippen molar-refractivity contribution in [1.29, 1.82) is 0 Å². The molecule has 0 aliphatic heterocycles. The maximum absolute atomic E-state index is 2.34. The molecule has 0 saturated carbocycles. The van der Waals surface area contributed by atoms with Crippen LogP contribution in [-0.2, 0) is 11.8 Å². The van der Waals surface area contributed by atoms with Crippen molar-refractivity contribution in [2.75, 3.05) is 37.7 Å². The normalized spacial score (nSPS) is 10.6. The van der Waals surface area contributed by atoms with Crippen molar-refractivity contribution >= 4 is 11.8 Å². The molecule has 0 radical (unpaired) electrons. The van der Waals surface area contributed by atoms with Gasteiger partial charge in [-0.2, -0.15) is 0 Å². The van der Waals surface area contributed by atoms with Crippen molar-refractivity contribution in [2.45, 2.75) is 47.0 Å². The van der Waals surface area contributed by atoms with Crippen LogP contribution < -0.4 is 48.0 Å². The molecule has 0 amide bonds. The number of quaternary nitrogens is 1. The van der Waals surface area contributed by atoms with Gasteiger partial charge in [-0.1, -0.05) is 6.92 Å². The average Bonchev–Trinajstić information content (AvgIpc) is 2.29. The van der Waals surface area contributed by atoms with Gasteiger partial charge in [-0.15, -0.1) is 0 Å². The van der Waals surface area contributed by atoms with Crippen molar-refractivity contribution in [2.24, 2.45) is 0 Å². The summed E-state index contributed by atoms with van der Waals surface area (Å²) < 4.78 is 1.32. The highest BCUT2D eigenvalue weighted by Crippen LogP contribution is 2.08. The third-order valence-electron chi connectivity index (χ3n) is 3.59. The van der Waals surface area contributed by atoms with Crippen LogP contribution in [-0.4, -0.2) is 42.2 Å². The second-order valence-electron chi connectivity index (χ2n) is 4.39. The summed E-state index contributed by atoms with van der Waals surface area (Å²) in [6.07, 6.45) is 4.20. The number of rotatable bonds is 10. The van der Waals surface area contributed by atoms with Gasteiger partial charge < -0.3 is 52.4 Å². The smallest absolute Gasteiger partial charge is 0.106 e. The zero-order valence-electron chi connectivity index (χ0n) is 12.0. The Kier molecular flexibility index (Phi) is 22.2. The van der Waals surface area contributed by atoms with Gasteiger partial charge >= 0.3 is 0 Å². The van der Waals surface area contributed by atoms with Crippen molar-refractivity contribution in [3.05, 3.63) is 0 Å². The quantitative estimate of drug-likeness (QED) is 0.101. The molecule has 17 heavy (non-hydrogen) atoms. The lowest BCUT2D eigenvalue weighted by molar-refractivity contribution is -0.923. The zero-order valence-corrected chi connectivity index (χ0v) is 17.2. The van der Waals surface area contributed by atoms with Gasteiger partial charge in [0.1, 0.15) is 11.5 Å². The van der Waals surface area contributed by atoms with Gasteiger partial charge in [0, 0.05) is 6.42 Å². The van der Waals surface area contributed by atoms with Gasteiger partial charge in [0.2, 0.25) is 0 Å². The molecule has 0 fully saturated rings. The molecule has 0 rings (SSSR count). The lowest BCUT2D eigenvalue weighted by Crippen LogP contribution is -3.00. The monoisotopic (exact) mass is 487 g/mol. The summed E-state index contributed by atoms with van der Waals surface area (Å²) in [4.78, 5) is 0. The number of halogens is 2. The van der Waals surface area contributed by atoms with Crippen molar-refractivity contribution in [1.82, 2.24) is 0 Å². The van der Waals surface area contributed by atoms with E-state index in [4.69, 9.17) is 0 Å². The molecule has 0 heterocycles. The first-order valence-electron chi connectivity index (χ1n) is 6.73. The molecule has 0 aromatic rings. The van der Waals surface area contributed by atoms with Gasteiger partial charge in [-0.3, -0.25) is 0 Å². The van der Waals surface area contributed by atoms with Crippen LogP contribution in [0.25, 0.3) is 0 Å². The fourth-order valence-corrected chi connectivity index (χ4v) is 3.07. The zero-order chi connectivity index (χ0) is 11.6. The van der Waals surface area contributed by atoms with E-state index in [1.165, 1.54) is 61.4 Å². The third kappa shape index (κ3) is 11.3. The predicted octanol–water partition coefficient (Wildman–Crippen LogP) is -3.12. The average molecular weight is 487 g/mol. The highest BCUT2D eigenvalue weighted by molar-refractivity contribution is 7.78. The Bertz CT molecular complexity index is 133. The van der Waals surface area contributed by atoms with Gasteiger partial charge in [-0.05, 0) is 45.4 Å². The minimum Gasteiger partial charge on any atom is -1.00 e. The largest absolute Gasteiger partial charge is 1.00 e. The summed E-state index contributed by atoms with van der Waals surface area (Å²) in [7, 11) is 0. The lowest BCUT2D eigenvalue weighted by Gasteiger charge is -2.35. The Hall–Kier alpha value is 1.77. The van der Waals surface area contributed by atoms with Crippen molar-refractivity contribution < 1.29 is 52.4 Å². The lowest BCUT2D eigenvalue weighted by atomic mass is 10.2. The first-order valence-corrected chi connectivity index (χ1v) is 7.99. The van der Waals surface area contributed by atoms with E-state index in [1.807, 2.05) is 0 Å². The van der Waals surface area contributed by atoms with E-state index in [2.05, 4.69) is 27.7 Å². The van der Waals surface area contributed by atoms with E-state index < -0.39 is 0 Å². The molecule has 0 spiro atoms. The van der Waals surface area contributed by atoms with E-state index in [1.54, 1.807) is 11.8 Å². The minimum absolute atomic E-state index is 0. The summed E-state index contributed by atoms with van der Waals surface area (Å²) >= 11 is 1.67. The number of nitrogens with zero attached hydrogens (tertiary/aromatic N) is 1. The van der Waals surface area contributed by atoms with Gasteiger partial charge in [0.25, 0.3) is 0 Å². The van der Waals surface area contributed by atoms with Crippen molar-refractivity contribution in [3.63, 3.8) is 0 Å². The summed E-state index contributed by atoms with van der Waals surface area (Å²) in [6, 6.07) is 0. The van der Waals surface area contributed by atoms with Crippen LogP contribution in [0.15, 0.2) is 0 Å². The topological polar surface area (TPSA) is 0 Å². The van der Waals surface area contributed by atoms with Gasteiger partial charge in [-0.25, -0.2) is 0 Å². The van der Waals surface area contributed by atoms with E-state index >= 15 is 0 Å². The molecule has 1 nitrogen and oxygen atoms in total. The van der Waals surface area contributed by atoms with Crippen LogP contribution in [0.5, 0.6) is 0 Å². The van der Waals surface area contributed by atoms with Crippen molar-refractivity contribution in [3.8, 4) is 0 Å². The van der Waals surface area contributed by atoms with E-state index in [-0.39, 0.29) is 48.0 Å². The Morgan fingerprint density at radius 2 is 1.29 bits per heavy atom. The molecule has 0 saturated heterocycles. The first kappa shape index (κ1) is 23.8. The van der Waals surface area contributed by atoms with Crippen LogP contribution in [0.1, 0.15) is 47.0 Å². The molecule has 0 atom stereocenters. The minimum atomic E-state index is 0. The molecule has 0 N–H and O–H groups in total. The highest BCUT2D eigenvalue weighted by Gasteiger charge is 2.19. The third-order valence-corrected chi connectivity index (χ3v) is 4.99. The number of thiol groups is 1. The second-order valence-corrected chi connectivity index (χ2v) is 5.73. The Labute approximate surface area is 147 Å².